The van der Waals surface area contributed by atoms with Crippen LogP contribution in [0.1, 0.15) is 37.5 Å². The molecule has 0 spiro atoms. The van der Waals surface area contributed by atoms with E-state index in [0.29, 0.717) is 22.6 Å². The van der Waals surface area contributed by atoms with Crippen LogP contribution in [0.5, 0.6) is 11.5 Å². The zero-order chi connectivity index (χ0) is 20.2. The highest BCUT2D eigenvalue weighted by atomic mass is 32.2. The van der Waals surface area contributed by atoms with E-state index in [0.717, 1.165) is 5.56 Å². The Kier molecular flexibility index (Phi) is 6.15. The summed E-state index contributed by atoms with van der Waals surface area (Å²) in [5.41, 5.74) is 2.03. The second-order valence-corrected chi connectivity index (χ2v) is 8.82. The van der Waals surface area contributed by atoms with Crippen molar-refractivity contribution in [1.29, 1.82) is 0 Å². The summed E-state index contributed by atoms with van der Waals surface area (Å²) in [5, 5.41) is 3.91. The summed E-state index contributed by atoms with van der Waals surface area (Å²) in [5.74, 6) is 1.18. The second-order valence-electron chi connectivity index (χ2n) is 7.19. The van der Waals surface area contributed by atoms with Crippen LogP contribution in [-0.4, -0.2) is 28.9 Å². The quantitative estimate of drug-likeness (QED) is 0.604. The summed E-state index contributed by atoms with van der Waals surface area (Å²) in [4.78, 5) is 2.49. The molecule has 0 radical (unpaired) electrons. The van der Waals surface area contributed by atoms with Crippen LogP contribution in [0.4, 0.5) is 0 Å². The van der Waals surface area contributed by atoms with E-state index in [4.69, 9.17) is 9.47 Å². The van der Waals surface area contributed by atoms with E-state index in [1.807, 2.05) is 32.9 Å². The Bertz CT molecular complexity index is 945. The van der Waals surface area contributed by atoms with Crippen molar-refractivity contribution in [2.24, 2.45) is 5.10 Å². The molecule has 0 aliphatic rings. The van der Waals surface area contributed by atoms with Crippen LogP contribution in [0, 0.1) is 6.92 Å². The zero-order valence-corrected chi connectivity index (χ0v) is 17.3. The molecule has 2 aromatic rings. The predicted molar refractivity (Wildman–Crippen MR) is 107 cm³/mol. The molecule has 0 fully saturated rings. The van der Waals surface area contributed by atoms with E-state index < -0.39 is 10.0 Å². The molecule has 6 nitrogen and oxygen atoms in total. The van der Waals surface area contributed by atoms with Crippen molar-refractivity contribution >= 4 is 16.2 Å². The van der Waals surface area contributed by atoms with Gasteiger partial charge in [0.15, 0.2) is 0 Å². The number of hydrogen-bond acceptors (Lipinski definition) is 5. The van der Waals surface area contributed by atoms with E-state index in [9.17, 15) is 8.42 Å². The molecule has 0 heterocycles. The minimum Gasteiger partial charge on any atom is -0.497 e. The van der Waals surface area contributed by atoms with Gasteiger partial charge in [0.25, 0.3) is 10.0 Å². The van der Waals surface area contributed by atoms with Gasteiger partial charge < -0.3 is 9.47 Å². The summed E-state index contributed by atoms with van der Waals surface area (Å²) >= 11 is 0. The minimum atomic E-state index is -3.80. The van der Waals surface area contributed by atoms with E-state index in [1.165, 1.54) is 13.3 Å². The number of nitrogens with zero attached hydrogens (tertiary/aromatic N) is 1. The van der Waals surface area contributed by atoms with Gasteiger partial charge in [-0.1, -0.05) is 32.9 Å². The molecule has 146 valence electrons. The highest BCUT2D eigenvalue weighted by Gasteiger charge is 2.21. The third-order valence-corrected chi connectivity index (χ3v) is 5.52. The van der Waals surface area contributed by atoms with Crippen molar-refractivity contribution in [3.05, 3.63) is 53.1 Å². The van der Waals surface area contributed by atoms with Crippen LogP contribution in [0.25, 0.3) is 0 Å². The van der Waals surface area contributed by atoms with Crippen molar-refractivity contribution in [1.82, 2.24) is 4.83 Å². The summed E-state index contributed by atoms with van der Waals surface area (Å²) in [6, 6.07) is 10.6. The largest absolute Gasteiger partial charge is 0.497 e. The lowest BCUT2D eigenvalue weighted by molar-refractivity contribution is 0.402. The number of rotatable bonds is 6. The number of hydrazone groups is 1. The maximum absolute atomic E-state index is 12.7. The summed E-state index contributed by atoms with van der Waals surface area (Å²) in [6.45, 7) is 7.87. The first kappa shape index (κ1) is 20.8. The van der Waals surface area contributed by atoms with Crippen LogP contribution in [0.3, 0.4) is 0 Å². The topological polar surface area (TPSA) is 77.0 Å². The number of aryl methyl sites for hydroxylation is 1. The highest BCUT2D eigenvalue weighted by Crippen LogP contribution is 2.27. The van der Waals surface area contributed by atoms with Gasteiger partial charge in [-0.15, -0.1) is 0 Å². The Labute approximate surface area is 161 Å². The van der Waals surface area contributed by atoms with Gasteiger partial charge in [-0.25, -0.2) is 4.83 Å². The number of hydrogen-bond donors (Lipinski definition) is 1. The van der Waals surface area contributed by atoms with Gasteiger partial charge in [0.1, 0.15) is 11.5 Å². The molecule has 0 atom stereocenters. The molecule has 0 aliphatic heterocycles. The minimum absolute atomic E-state index is 0.158. The third-order valence-electron chi connectivity index (χ3n) is 4.16. The van der Waals surface area contributed by atoms with Crippen LogP contribution in [0.15, 0.2) is 46.4 Å². The number of methoxy groups -OCH3 is 2. The smallest absolute Gasteiger partial charge is 0.276 e. The van der Waals surface area contributed by atoms with Gasteiger partial charge in [0, 0.05) is 5.56 Å². The lowest BCUT2D eigenvalue weighted by atomic mass is 9.87. The van der Waals surface area contributed by atoms with Crippen molar-refractivity contribution < 1.29 is 17.9 Å². The molecule has 0 aromatic heterocycles. The maximum Gasteiger partial charge on any atom is 0.276 e. The van der Waals surface area contributed by atoms with E-state index >= 15 is 0 Å². The van der Waals surface area contributed by atoms with Gasteiger partial charge in [-0.05, 0) is 47.7 Å². The number of sulfonamides is 1. The monoisotopic (exact) mass is 390 g/mol. The fourth-order valence-corrected chi connectivity index (χ4v) is 3.57. The van der Waals surface area contributed by atoms with E-state index in [2.05, 4.69) is 9.93 Å². The molecule has 2 aromatic carbocycles. The highest BCUT2D eigenvalue weighted by molar-refractivity contribution is 7.89. The van der Waals surface area contributed by atoms with Crippen molar-refractivity contribution in [2.45, 2.75) is 38.0 Å². The summed E-state index contributed by atoms with van der Waals surface area (Å²) in [6.07, 6.45) is 1.39. The molecule has 0 unspecified atom stereocenters. The van der Waals surface area contributed by atoms with Crippen molar-refractivity contribution in [3.63, 3.8) is 0 Å². The van der Waals surface area contributed by atoms with Gasteiger partial charge in [0.2, 0.25) is 0 Å². The van der Waals surface area contributed by atoms with Gasteiger partial charge in [-0.3, -0.25) is 0 Å². The molecule has 0 aliphatic carbocycles. The molecular formula is C20H26N2O4S. The first-order valence-corrected chi connectivity index (χ1v) is 9.95. The predicted octanol–water partition coefficient (Wildman–Crippen LogP) is 3.62. The van der Waals surface area contributed by atoms with Crippen molar-refractivity contribution in [3.8, 4) is 11.5 Å². The Balaban J connectivity index is 2.32. The average Bonchev–Trinajstić information content (AvgIpc) is 2.60. The first-order valence-electron chi connectivity index (χ1n) is 8.46. The molecule has 27 heavy (non-hydrogen) atoms. The fraction of sp³-hybridized carbons (Fsp3) is 0.350. The molecular weight excluding hydrogens is 364 g/mol. The average molecular weight is 391 g/mol. The lowest BCUT2D eigenvalue weighted by Crippen LogP contribution is -2.21. The SMILES string of the molecule is COc1ccc(OC)c(/C=N/NS(=O)(=O)c2cc(C(C)(C)C)ccc2C)c1. The molecule has 0 saturated carbocycles. The number of benzene rings is 2. The molecule has 0 bridgehead atoms. The standard InChI is InChI=1S/C20H26N2O4S/c1-14-7-8-16(20(2,3)4)12-19(14)27(23,24)22-21-13-15-11-17(25-5)9-10-18(15)26-6/h7-13,22H,1-6H3/b21-13+. The second kappa shape index (κ2) is 8.00. The van der Waals surface area contributed by atoms with Gasteiger partial charge in [0.05, 0.1) is 25.3 Å². The Hall–Kier alpha value is -2.54. The molecule has 7 heteroatoms. The van der Waals surface area contributed by atoms with Crippen molar-refractivity contribution in [2.75, 3.05) is 14.2 Å². The van der Waals surface area contributed by atoms with E-state index in [-0.39, 0.29) is 10.3 Å². The molecule has 0 saturated heterocycles. The van der Waals surface area contributed by atoms with E-state index in [1.54, 1.807) is 38.3 Å². The normalized spacial score (nSPS) is 12.2. The maximum atomic E-state index is 12.7. The Morgan fingerprint density at radius 1 is 1.04 bits per heavy atom. The summed E-state index contributed by atoms with van der Waals surface area (Å²) < 4.78 is 35.9. The Morgan fingerprint density at radius 3 is 2.33 bits per heavy atom. The Morgan fingerprint density at radius 2 is 1.74 bits per heavy atom. The lowest BCUT2D eigenvalue weighted by Gasteiger charge is -2.20. The van der Waals surface area contributed by atoms with Gasteiger partial charge in [-0.2, -0.15) is 13.5 Å². The molecule has 2 rings (SSSR count). The zero-order valence-electron chi connectivity index (χ0n) is 16.5. The van der Waals surface area contributed by atoms with Crippen LogP contribution >= 0.6 is 0 Å². The van der Waals surface area contributed by atoms with Crippen LogP contribution in [-0.2, 0) is 15.4 Å². The number of ether oxygens (including phenoxy) is 2. The fourth-order valence-electron chi connectivity index (χ4n) is 2.51. The summed E-state index contributed by atoms with van der Waals surface area (Å²) in [7, 11) is -0.715. The third kappa shape index (κ3) is 5.01. The number of nitrogens with one attached hydrogen (secondary N) is 1. The van der Waals surface area contributed by atoms with Gasteiger partial charge >= 0.3 is 0 Å². The first-order chi connectivity index (χ1) is 12.6. The van der Waals surface area contributed by atoms with Crippen LogP contribution in [0.2, 0.25) is 0 Å². The molecule has 1 N–H and O–H groups in total. The van der Waals surface area contributed by atoms with Crippen LogP contribution < -0.4 is 14.3 Å². The molecule has 0 amide bonds.